The number of nitrogens with one attached hydrogen (secondary N) is 2. The predicted octanol–water partition coefficient (Wildman–Crippen LogP) is 5.24. The van der Waals surface area contributed by atoms with E-state index in [1.54, 1.807) is 0 Å². The second-order valence-corrected chi connectivity index (χ2v) is 8.77. The van der Waals surface area contributed by atoms with E-state index in [4.69, 9.17) is 14.5 Å². The van der Waals surface area contributed by atoms with Crippen molar-refractivity contribution < 1.29 is 9.47 Å². The molecule has 0 saturated carbocycles. The van der Waals surface area contributed by atoms with E-state index in [9.17, 15) is 0 Å². The van der Waals surface area contributed by atoms with Gasteiger partial charge in [-0.3, -0.25) is 4.99 Å². The second-order valence-electron chi connectivity index (χ2n) is 8.77. The van der Waals surface area contributed by atoms with Crippen molar-refractivity contribution in [2.45, 2.75) is 51.4 Å². The summed E-state index contributed by atoms with van der Waals surface area (Å²) in [6, 6.07) is 18.9. The van der Waals surface area contributed by atoms with Crippen LogP contribution in [0.2, 0.25) is 0 Å². The summed E-state index contributed by atoms with van der Waals surface area (Å²) < 4.78 is 12.2. The number of hydrogen-bond donors (Lipinski definition) is 2. The van der Waals surface area contributed by atoms with Crippen molar-refractivity contribution in [3.63, 3.8) is 0 Å². The highest BCUT2D eigenvalue weighted by Gasteiger charge is 2.34. The fraction of sp³-hybridized carbons (Fsp3) is 0.480. The minimum absolute atomic E-state index is 0. The van der Waals surface area contributed by atoms with Crippen molar-refractivity contribution in [2.75, 3.05) is 19.7 Å². The molecule has 1 saturated heterocycles. The van der Waals surface area contributed by atoms with Crippen molar-refractivity contribution >= 4 is 29.9 Å². The summed E-state index contributed by atoms with van der Waals surface area (Å²) in [4.78, 5) is 4.96. The number of ether oxygens (including phenoxy) is 2. The van der Waals surface area contributed by atoms with Crippen LogP contribution in [-0.2, 0) is 4.74 Å². The molecule has 0 aliphatic carbocycles. The average Bonchev–Trinajstić information content (AvgIpc) is 3.20. The van der Waals surface area contributed by atoms with Gasteiger partial charge in [-0.1, -0.05) is 48.5 Å². The van der Waals surface area contributed by atoms with Crippen molar-refractivity contribution in [1.29, 1.82) is 0 Å². The maximum Gasteiger partial charge on any atom is 0.191 e. The van der Waals surface area contributed by atoms with Crippen molar-refractivity contribution in [3.05, 3.63) is 65.7 Å². The third kappa shape index (κ3) is 5.92. The molecule has 0 amide bonds. The highest BCUT2D eigenvalue weighted by atomic mass is 127. The van der Waals surface area contributed by atoms with Crippen LogP contribution in [0.25, 0.3) is 0 Å². The van der Waals surface area contributed by atoms with Crippen LogP contribution in [-0.4, -0.2) is 31.3 Å². The number of rotatable bonds is 5. The third-order valence-corrected chi connectivity index (χ3v) is 5.86. The molecule has 2 aromatic carbocycles. The Bertz CT molecular complexity index is 872. The molecule has 4 rings (SSSR count). The molecule has 2 aliphatic heterocycles. The standard InChI is InChI=1S/C25H33N3O2.HI/c1-4-26-24(27-17-19-14-15-29-23(19)18-10-6-5-7-11-18)28-21-16-25(2,3)30-22-13-9-8-12-20(21)22;/h5-13,19,21,23H,4,14-17H2,1-3H3,(H2,26,27,28);1H. The Morgan fingerprint density at radius 1 is 1.10 bits per heavy atom. The van der Waals surface area contributed by atoms with Gasteiger partial charge in [0.1, 0.15) is 11.4 Å². The van der Waals surface area contributed by atoms with E-state index in [-0.39, 0.29) is 41.7 Å². The summed E-state index contributed by atoms with van der Waals surface area (Å²) in [5.41, 5.74) is 2.21. The Morgan fingerprint density at radius 2 is 1.84 bits per heavy atom. The first-order valence-corrected chi connectivity index (χ1v) is 11.0. The molecule has 1 fully saturated rings. The van der Waals surface area contributed by atoms with Crippen LogP contribution < -0.4 is 15.4 Å². The van der Waals surface area contributed by atoms with E-state index >= 15 is 0 Å². The average molecular weight is 535 g/mol. The molecule has 168 valence electrons. The summed E-state index contributed by atoms with van der Waals surface area (Å²) in [6.07, 6.45) is 2.05. The number of halogens is 1. The van der Waals surface area contributed by atoms with Crippen molar-refractivity contribution in [1.82, 2.24) is 10.6 Å². The summed E-state index contributed by atoms with van der Waals surface area (Å²) in [5, 5.41) is 7.09. The van der Waals surface area contributed by atoms with Crippen LogP contribution in [0.15, 0.2) is 59.6 Å². The molecular weight excluding hydrogens is 501 g/mol. The van der Waals surface area contributed by atoms with Gasteiger partial charge in [-0.05, 0) is 38.8 Å². The minimum Gasteiger partial charge on any atom is -0.487 e. The van der Waals surface area contributed by atoms with Gasteiger partial charge in [0.15, 0.2) is 5.96 Å². The second kappa shape index (κ2) is 10.7. The van der Waals surface area contributed by atoms with Gasteiger partial charge in [-0.25, -0.2) is 0 Å². The van der Waals surface area contributed by atoms with E-state index in [1.807, 2.05) is 12.1 Å². The van der Waals surface area contributed by atoms with Crippen LogP contribution in [0, 0.1) is 5.92 Å². The normalized spacial score (nSPS) is 24.5. The van der Waals surface area contributed by atoms with Gasteiger partial charge in [0.05, 0.1) is 12.1 Å². The molecule has 0 spiro atoms. The van der Waals surface area contributed by atoms with Gasteiger partial charge < -0.3 is 20.1 Å². The zero-order valence-electron chi connectivity index (χ0n) is 18.6. The molecule has 31 heavy (non-hydrogen) atoms. The zero-order chi connectivity index (χ0) is 21.0. The SMILES string of the molecule is CCNC(=NCC1CCOC1c1ccccc1)NC1CC(C)(C)Oc2ccccc21.I. The minimum atomic E-state index is -0.221. The molecule has 0 radical (unpaired) electrons. The van der Waals surface area contributed by atoms with Crippen LogP contribution >= 0.6 is 24.0 Å². The maximum atomic E-state index is 6.18. The number of para-hydroxylation sites is 1. The Labute approximate surface area is 203 Å². The molecule has 6 heteroatoms. The largest absolute Gasteiger partial charge is 0.487 e. The van der Waals surface area contributed by atoms with E-state index in [0.29, 0.717) is 5.92 Å². The monoisotopic (exact) mass is 535 g/mol. The molecule has 5 nitrogen and oxygen atoms in total. The van der Waals surface area contributed by atoms with Gasteiger partial charge in [0.25, 0.3) is 0 Å². The van der Waals surface area contributed by atoms with Crippen molar-refractivity contribution in [3.8, 4) is 5.75 Å². The van der Waals surface area contributed by atoms with Crippen molar-refractivity contribution in [2.24, 2.45) is 10.9 Å². The molecule has 3 atom stereocenters. The maximum absolute atomic E-state index is 6.18. The first-order chi connectivity index (χ1) is 14.6. The number of guanidine groups is 1. The van der Waals surface area contributed by atoms with E-state index < -0.39 is 0 Å². The van der Waals surface area contributed by atoms with Gasteiger partial charge in [0, 0.05) is 37.6 Å². The van der Waals surface area contributed by atoms with E-state index in [2.05, 4.69) is 73.9 Å². The molecule has 2 aliphatic rings. The number of benzene rings is 2. The number of fused-ring (bicyclic) bond motifs is 1. The van der Waals surface area contributed by atoms with E-state index in [1.165, 1.54) is 11.1 Å². The topological polar surface area (TPSA) is 54.9 Å². The Morgan fingerprint density at radius 3 is 2.61 bits per heavy atom. The van der Waals surface area contributed by atoms with Gasteiger partial charge >= 0.3 is 0 Å². The Kier molecular flexibility index (Phi) is 8.22. The summed E-state index contributed by atoms with van der Waals surface area (Å²) in [6.45, 7) is 8.74. The molecule has 2 aromatic rings. The van der Waals surface area contributed by atoms with Crippen LogP contribution in [0.1, 0.15) is 56.9 Å². The lowest BCUT2D eigenvalue weighted by atomic mass is 9.90. The zero-order valence-corrected chi connectivity index (χ0v) is 21.0. The van der Waals surface area contributed by atoms with Gasteiger partial charge in [0.2, 0.25) is 0 Å². The molecule has 2 N–H and O–H groups in total. The Hall–Kier alpha value is -1.80. The summed E-state index contributed by atoms with van der Waals surface area (Å²) >= 11 is 0. The lowest BCUT2D eigenvalue weighted by Gasteiger charge is -2.38. The number of hydrogen-bond acceptors (Lipinski definition) is 3. The molecule has 2 heterocycles. The molecule has 3 unspecified atom stereocenters. The molecular formula is C25H34IN3O2. The smallest absolute Gasteiger partial charge is 0.191 e. The lowest BCUT2D eigenvalue weighted by molar-refractivity contribution is 0.0694. The summed E-state index contributed by atoms with van der Waals surface area (Å²) in [7, 11) is 0. The van der Waals surface area contributed by atoms with Crippen LogP contribution in [0.4, 0.5) is 0 Å². The third-order valence-electron chi connectivity index (χ3n) is 5.86. The molecule has 0 bridgehead atoms. The highest BCUT2D eigenvalue weighted by molar-refractivity contribution is 14.0. The number of nitrogens with zero attached hydrogens (tertiary/aromatic N) is 1. The van der Waals surface area contributed by atoms with Crippen LogP contribution in [0.3, 0.4) is 0 Å². The van der Waals surface area contributed by atoms with Gasteiger partial charge in [-0.2, -0.15) is 0 Å². The van der Waals surface area contributed by atoms with Crippen LogP contribution in [0.5, 0.6) is 5.75 Å². The number of aliphatic imine (C=N–C) groups is 1. The Balaban J connectivity index is 0.00000272. The first-order valence-electron chi connectivity index (χ1n) is 11.0. The lowest BCUT2D eigenvalue weighted by Crippen LogP contribution is -2.45. The fourth-order valence-corrected chi connectivity index (χ4v) is 4.46. The predicted molar refractivity (Wildman–Crippen MR) is 136 cm³/mol. The van der Waals surface area contributed by atoms with E-state index in [0.717, 1.165) is 44.2 Å². The molecule has 0 aromatic heterocycles. The highest BCUT2D eigenvalue weighted by Crippen LogP contribution is 2.39. The fourth-order valence-electron chi connectivity index (χ4n) is 4.46. The quantitative estimate of drug-likeness (QED) is 0.313. The first kappa shape index (κ1) is 23.9. The van der Waals surface area contributed by atoms with Gasteiger partial charge in [-0.15, -0.1) is 24.0 Å². The summed E-state index contributed by atoms with van der Waals surface area (Å²) in [5.74, 6) is 2.20.